The number of carbonyl (C=O) groups is 2. The number of aliphatic carboxylic acids is 1. The van der Waals surface area contributed by atoms with Crippen LogP contribution in [0.4, 0.5) is 0 Å². The van der Waals surface area contributed by atoms with Gasteiger partial charge in [0, 0.05) is 5.92 Å². The van der Waals surface area contributed by atoms with Crippen LogP contribution in [0, 0.1) is 5.92 Å². The molecule has 5 heteroatoms. The number of aliphatic hydroxyl groups excluding tert-OH is 1. The van der Waals surface area contributed by atoms with E-state index >= 15 is 0 Å². The molecule has 2 atom stereocenters. The molecular weight excluding hydrogens is 186 g/mol. The zero-order valence-electron chi connectivity index (χ0n) is 8.49. The summed E-state index contributed by atoms with van der Waals surface area (Å²) in [6.07, 6.45) is 1.58. The largest absolute Gasteiger partial charge is 0.480 e. The summed E-state index contributed by atoms with van der Waals surface area (Å²) in [7, 11) is 0. The van der Waals surface area contributed by atoms with Crippen molar-refractivity contribution < 1.29 is 19.8 Å². The van der Waals surface area contributed by atoms with Crippen molar-refractivity contribution in [3.63, 3.8) is 0 Å². The molecule has 0 aliphatic heterocycles. The molecule has 0 aromatic carbocycles. The summed E-state index contributed by atoms with van der Waals surface area (Å²) in [5, 5.41) is 19.5. The van der Waals surface area contributed by atoms with Crippen molar-refractivity contribution in [3.8, 4) is 0 Å². The molecule has 1 unspecified atom stereocenters. The van der Waals surface area contributed by atoms with E-state index in [1.54, 1.807) is 6.92 Å². The summed E-state index contributed by atoms with van der Waals surface area (Å²) in [5.41, 5.74) is 0. The van der Waals surface area contributed by atoms with E-state index in [-0.39, 0.29) is 11.8 Å². The quantitative estimate of drug-likeness (QED) is 0.566. The van der Waals surface area contributed by atoms with Gasteiger partial charge in [-0.2, -0.15) is 0 Å². The summed E-state index contributed by atoms with van der Waals surface area (Å²) < 4.78 is 0. The van der Waals surface area contributed by atoms with Gasteiger partial charge in [0.25, 0.3) is 0 Å². The minimum atomic E-state index is -1.22. The van der Waals surface area contributed by atoms with Crippen molar-refractivity contribution in [1.29, 1.82) is 0 Å². The first-order valence-electron chi connectivity index (χ1n) is 4.67. The minimum absolute atomic E-state index is 0.214. The van der Waals surface area contributed by atoms with Crippen LogP contribution < -0.4 is 5.32 Å². The molecule has 82 valence electrons. The Morgan fingerprint density at radius 1 is 1.43 bits per heavy atom. The second kappa shape index (κ2) is 6.37. The van der Waals surface area contributed by atoms with Crippen LogP contribution >= 0.6 is 0 Å². The number of hydrogen-bond acceptors (Lipinski definition) is 3. The van der Waals surface area contributed by atoms with E-state index in [1.165, 1.54) is 0 Å². The number of hydrogen-bond donors (Lipinski definition) is 3. The lowest BCUT2D eigenvalue weighted by molar-refractivity contribution is -0.143. The average Bonchev–Trinajstić information content (AvgIpc) is 2.13. The maximum Gasteiger partial charge on any atom is 0.328 e. The number of amides is 1. The third kappa shape index (κ3) is 4.23. The molecule has 3 N–H and O–H groups in total. The Kier molecular flexibility index (Phi) is 5.87. The lowest BCUT2D eigenvalue weighted by Crippen LogP contribution is -2.45. The van der Waals surface area contributed by atoms with Crippen molar-refractivity contribution in [2.24, 2.45) is 5.92 Å². The van der Waals surface area contributed by atoms with E-state index in [4.69, 9.17) is 10.2 Å². The zero-order chi connectivity index (χ0) is 11.1. The summed E-state index contributed by atoms with van der Waals surface area (Å²) in [5.74, 6) is -1.76. The molecule has 0 radical (unpaired) electrons. The molecule has 0 bridgehead atoms. The van der Waals surface area contributed by atoms with Gasteiger partial charge in [0.15, 0.2) is 0 Å². The SMILES string of the molecule is CCCC(C)C(=O)N[C@@H](CO)C(=O)O. The predicted octanol–water partition coefficient (Wildman–Crippen LogP) is -0.0157. The molecule has 0 saturated carbocycles. The van der Waals surface area contributed by atoms with Gasteiger partial charge < -0.3 is 15.5 Å². The number of carboxylic acid groups (broad SMARTS) is 1. The van der Waals surface area contributed by atoms with E-state index in [2.05, 4.69) is 5.32 Å². The minimum Gasteiger partial charge on any atom is -0.480 e. The van der Waals surface area contributed by atoms with Crippen LogP contribution in [-0.4, -0.2) is 34.7 Å². The number of aliphatic hydroxyl groups is 1. The summed E-state index contributed by atoms with van der Waals surface area (Å²) in [6.45, 7) is 3.10. The maximum absolute atomic E-state index is 11.3. The van der Waals surface area contributed by atoms with Crippen molar-refractivity contribution in [2.75, 3.05) is 6.61 Å². The Bertz CT molecular complexity index is 205. The number of carboxylic acids is 1. The highest BCUT2D eigenvalue weighted by Crippen LogP contribution is 2.04. The van der Waals surface area contributed by atoms with Crippen LogP contribution in [0.1, 0.15) is 26.7 Å². The fraction of sp³-hybridized carbons (Fsp3) is 0.778. The van der Waals surface area contributed by atoms with Gasteiger partial charge in [-0.25, -0.2) is 4.79 Å². The highest BCUT2D eigenvalue weighted by Gasteiger charge is 2.21. The first kappa shape index (κ1) is 12.9. The van der Waals surface area contributed by atoms with Crippen molar-refractivity contribution in [1.82, 2.24) is 5.32 Å². The molecule has 0 spiro atoms. The van der Waals surface area contributed by atoms with Crippen LogP contribution in [0.3, 0.4) is 0 Å². The van der Waals surface area contributed by atoms with Crippen LogP contribution in [0.15, 0.2) is 0 Å². The molecule has 1 amide bonds. The van der Waals surface area contributed by atoms with Gasteiger partial charge in [0.1, 0.15) is 6.04 Å². The fourth-order valence-electron chi connectivity index (χ4n) is 1.06. The van der Waals surface area contributed by atoms with Crippen LogP contribution in [0.2, 0.25) is 0 Å². The summed E-state index contributed by atoms with van der Waals surface area (Å²) in [4.78, 5) is 21.8. The average molecular weight is 203 g/mol. The van der Waals surface area contributed by atoms with Gasteiger partial charge in [0.05, 0.1) is 6.61 Å². The van der Waals surface area contributed by atoms with Gasteiger partial charge in [-0.15, -0.1) is 0 Å². The monoisotopic (exact) mass is 203 g/mol. The van der Waals surface area contributed by atoms with E-state index in [9.17, 15) is 9.59 Å². The molecule has 0 aliphatic carbocycles. The second-order valence-corrected chi connectivity index (χ2v) is 3.27. The maximum atomic E-state index is 11.3. The number of nitrogens with one attached hydrogen (secondary N) is 1. The van der Waals surface area contributed by atoms with E-state index in [0.717, 1.165) is 6.42 Å². The Hall–Kier alpha value is -1.10. The molecule has 0 saturated heterocycles. The van der Waals surface area contributed by atoms with Gasteiger partial charge in [-0.1, -0.05) is 20.3 Å². The van der Waals surface area contributed by atoms with E-state index in [1.807, 2.05) is 6.92 Å². The Morgan fingerprint density at radius 3 is 2.36 bits per heavy atom. The molecule has 0 aromatic heterocycles. The topological polar surface area (TPSA) is 86.6 Å². The number of rotatable bonds is 6. The molecule has 0 rings (SSSR count). The number of carbonyl (C=O) groups excluding carboxylic acids is 1. The highest BCUT2D eigenvalue weighted by molar-refractivity contribution is 5.84. The van der Waals surface area contributed by atoms with E-state index < -0.39 is 18.6 Å². The molecular formula is C9H17NO4. The molecule has 0 aliphatic rings. The van der Waals surface area contributed by atoms with Gasteiger partial charge >= 0.3 is 5.97 Å². The lowest BCUT2D eigenvalue weighted by Gasteiger charge is -2.15. The Balaban J connectivity index is 4.08. The van der Waals surface area contributed by atoms with Crippen molar-refractivity contribution in [2.45, 2.75) is 32.7 Å². The van der Waals surface area contributed by atoms with Crippen molar-refractivity contribution in [3.05, 3.63) is 0 Å². The van der Waals surface area contributed by atoms with E-state index in [0.29, 0.717) is 6.42 Å². The van der Waals surface area contributed by atoms with Crippen LogP contribution in [-0.2, 0) is 9.59 Å². The van der Waals surface area contributed by atoms with Crippen LogP contribution in [0.5, 0.6) is 0 Å². The fourth-order valence-corrected chi connectivity index (χ4v) is 1.06. The molecule has 14 heavy (non-hydrogen) atoms. The molecule has 0 heterocycles. The standard InChI is InChI=1S/C9H17NO4/c1-3-4-6(2)8(12)10-7(5-11)9(13)14/h6-7,11H,3-5H2,1-2H3,(H,10,12)(H,13,14)/t6?,7-/m0/s1. The molecule has 0 fully saturated rings. The first-order chi connectivity index (χ1) is 6.52. The van der Waals surface area contributed by atoms with Crippen molar-refractivity contribution >= 4 is 11.9 Å². The zero-order valence-corrected chi connectivity index (χ0v) is 8.49. The third-order valence-corrected chi connectivity index (χ3v) is 1.97. The second-order valence-electron chi connectivity index (χ2n) is 3.27. The third-order valence-electron chi connectivity index (χ3n) is 1.97. The summed E-state index contributed by atoms with van der Waals surface area (Å²) >= 11 is 0. The Morgan fingerprint density at radius 2 is 2.00 bits per heavy atom. The van der Waals surface area contributed by atoms with Crippen LogP contribution in [0.25, 0.3) is 0 Å². The first-order valence-corrected chi connectivity index (χ1v) is 4.67. The lowest BCUT2D eigenvalue weighted by atomic mass is 10.1. The molecule has 0 aromatic rings. The summed E-state index contributed by atoms with van der Waals surface area (Å²) in [6, 6.07) is -1.19. The van der Waals surface area contributed by atoms with Gasteiger partial charge in [0.2, 0.25) is 5.91 Å². The highest BCUT2D eigenvalue weighted by atomic mass is 16.4. The van der Waals surface area contributed by atoms with Gasteiger partial charge in [-0.3, -0.25) is 4.79 Å². The molecule has 5 nitrogen and oxygen atoms in total. The smallest absolute Gasteiger partial charge is 0.328 e. The van der Waals surface area contributed by atoms with Gasteiger partial charge in [-0.05, 0) is 6.42 Å². The normalized spacial score (nSPS) is 14.5. The predicted molar refractivity (Wildman–Crippen MR) is 50.7 cm³/mol. The Labute approximate surface area is 83.1 Å².